The number of fused-ring (bicyclic) bond motifs is 1. The molecule has 3 aromatic heterocycles. The Labute approximate surface area is 232 Å². The van der Waals surface area contributed by atoms with Gasteiger partial charge in [-0.3, -0.25) is 14.6 Å². The van der Waals surface area contributed by atoms with Gasteiger partial charge >= 0.3 is 0 Å². The van der Waals surface area contributed by atoms with Gasteiger partial charge in [0.25, 0.3) is 11.5 Å². The van der Waals surface area contributed by atoms with Gasteiger partial charge in [-0.1, -0.05) is 42.5 Å². The van der Waals surface area contributed by atoms with Crippen LogP contribution in [0.1, 0.15) is 16.1 Å². The van der Waals surface area contributed by atoms with Gasteiger partial charge in [0.2, 0.25) is 0 Å². The highest BCUT2D eigenvalue weighted by Crippen LogP contribution is 2.27. The summed E-state index contributed by atoms with van der Waals surface area (Å²) in [7, 11) is 1.94. The molecule has 0 unspecified atom stereocenters. The second kappa shape index (κ2) is 11.1. The molecular weight excluding hydrogens is 502 g/mol. The fourth-order valence-electron chi connectivity index (χ4n) is 5.29. The quantitative estimate of drug-likeness (QED) is 0.343. The van der Waals surface area contributed by atoms with Crippen LogP contribution in [0.4, 0.5) is 11.4 Å². The maximum absolute atomic E-state index is 13.9. The number of aromatic amines is 1. The number of aromatic nitrogens is 4. The first-order valence-electron chi connectivity index (χ1n) is 13.5. The second-order valence-electron chi connectivity index (χ2n) is 9.95. The van der Waals surface area contributed by atoms with Crippen LogP contribution in [0, 0.1) is 0 Å². The first kappa shape index (κ1) is 25.4. The Morgan fingerprint density at radius 3 is 2.48 bits per heavy atom. The van der Waals surface area contributed by atoms with Gasteiger partial charge in [0.1, 0.15) is 5.69 Å². The summed E-state index contributed by atoms with van der Waals surface area (Å²) in [5.41, 5.74) is 4.51. The summed E-state index contributed by atoms with van der Waals surface area (Å²) in [6.07, 6.45) is 6.06. The number of hydrogen-bond donors (Lipinski definition) is 1. The SMILES string of the molecule is CN(CCc1ccccn1)c1c(N2CCN(C(=O)c3c[nH]c4ccccc34)CC2)cnn(-c2ccccc2)c1=O. The van der Waals surface area contributed by atoms with Crippen molar-refractivity contribution >= 4 is 28.2 Å². The van der Waals surface area contributed by atoms with E-state index in [1.165, 1.54) is 4.68 Å². The summed E-state index contributed by atoms with van der Waals surface area (Å²) in [6, 6.07) is 23.2. The van der Waals surface area contributed by atoms with Crippen molar-refractivity contribution in [1.29, 1.82) is 0 Å². The number of likely N-dealkylation sites (N-methyl/N-ethyl adjacent to an activating group) is 1. The topological polar surface area (TPSA) is 90.4 Å². The van der Waals surface area contributed by atoms with Crippen molar-refractivity contribution in [2.75, 3.05) is 49.6 Å². The summed E-state index contributed by atoms with van der Waals surface area (Å²) in [5, 5.41) is 5.48. The van der Waals surface area contributed by atoms with Gasteiger partial charge in [-0.05, 0) is 30.3 Å². The molecule has 2 aromatic carbocycles. The highest BCUT2D eigenvalue weighted by molar-refractivity contribution is 6.06. The zero-order valence-corrected chi connectivity index (χ0v) is 22.4. The third-order valence-corrected chi connectivity index (χ3v) is 7.47. The van der Waals surface area contributed by atoms with E-state index in [1.54, 1.807) is 18.6 Å². The van der Waals surface area contributed by atoms with Crippen LogP contribution >= 0.6 is 0 Å². The molecule has 9 heteroatoms. The molecule has 5 aromatic rings. The normalized spacial score (nSPS) is 13.5. The predicted molar refractivity (Wildman–Crippen MR) is 157 cm³/mol. The number of anilines is 2. The molecule has 9 nitrogen and oxygen atoms in total. The summed E-state index contributed by atoms with van der Waals surface area (Å²) < 4.78 is 1.45. The van der Waals surface area contributed by atoms with Crippen LogP contribution in [0.25, 0.3) is 16.6 Å². The maximum atomic E-state index is 13.9. The summed E-state index contributed by atoms with van der Waals surface area (Å²) >= 11 is 0. The molecule has 1 fully saturated rings. The first-order chi connectivity index (χ1) is 19.6. The summed E-state index contributed by atoms with van der Waals surface area (Å²) in [4.78, 5) is 40.9. The van der Waals surface area contributed by atoms with E-state index >= 15 is 0 Å². The fraction of sp³-hybridized carbons (Fsp3) is 0.226. The predicted octanol–water partition coefficient (Wildman–Crippen LogP) is 3.75. The van der Waals surface area contributed by atoms with Crippen molar-refractivity contribution in [2.45, 2.75) is 6.42 Å². The minimum absolute atomic E-state index is 0.0161. The number of pyridine rings is 1. The molecule has 0 aliphatic carbocycles. The first-order valence-corrected chi connectivity index (χ1v) is 13.5. The Morgan fingerprint density at radius 1 is 0.950 bits per heavy atom. The Bertz CT molecular complexity index is 1670. The Balaban J connectivity index is 1.26. The van der Waals surface area contributed by atoms with Crippen molar-refractivity contribution in [3.63, 3.8) is 0 Å². The fourth-order valence-corrected chi connectivity index (χ4v) is 5.29. The zero-order chi connectivity index (χ0) is 27.5. The molecule has 40 heavy (non-hydrogen) atoms. The number of piperazine rings is 1. The van der Waals surface area contributed by atoms with Crippen molar-refractivity contribution in [1.82, 2.24) is 24.6 Å². The van der Waals surface area contributed by atoms with Crippen LogP contribution in [-0.2, 0) is 6.42 Å². The number of H-pyrrole nitrogens is 1. The zero-order valence-electron chi connectivity index (χ0n) is 22.4. The molecule has 0 saturated carbocycles. The number of rotatable bonds is 7. The number of carbonyl (C=O) groups is 1. The number of benzene rings is 2. The standard InChI is InChI=1S/C31H31N7O2/c1-35(16-14-23-9-7-8-15-32-23)29-28(22-34-38(31(29)40)24-10-3-2-4-11-24)36-17-19-37(20-18-36)30(39)26-21-33-27-13-6-5-12-25(26)27/h2-13,15,21-22,33H,14,16-20H2,1H3. The highest BCUT2D eigenvalue weighted by Gasteiger charge is 2.27. The molecule has 0 radical (unpaired) electrons. The van der Waals surface area contributed by atoms with Gasteiger partial charge in [-0.2, -0.15) is 9.78 Å². The van der Waals surface area contributed by atoms with Gasteiger partial charge in [0.15, 0.2) is 0 Å². The lowest BCUT2D eigenvalue weighted by Gasteiger charge is -2.37. The molecule has 0 bridgehead atoms. The largest absolute Gasteiger partial charge is 0.368 e. The van der Waals surface area contributed by atoms with Gasteiger partial charge in [0, 0.05) is 75.2 Å². The van der Waals surface area contributed by atoms with Crippen molar-refractivity contribution in [3.05, 3.63) is 113 Å². The maximum Gasteiger partial charge on any atom is 0.297 e. The molecule has 4 heterocycles. The van der Waals surface area contributed by atoms with Crippen molar-refractivity contribution in [2.24, 2.45) is 0 Å². The third kappa shape index (κ3) is 4.93. The van der Waals surface area contributed by atoms with Crippen molar-refractivity contribution < 1.29 is 4.79 Å². The number of amides is 1. The molecule has 1 aliphatic heterocycles. The van der Waals surface area contributed by atoms with Crippen LogP contribution in [-0.4, -0.2) is 70.3 Å². The van der Waals surface area contributed by atoms with Gasteiger partial charge < -0.3 is 19.7 Å². The lowest BCUT2D eigenvalue weighted by molar-refractivity contribution is 0.0749. The molecule has 1 N–H and O–H groups in total. The van der Waals surface area contributed by atoms with Gasteiger partial charge in [0.05, 0.1) is 23.1 Å². The highest BCUT2D eigenvalue weighted by atomic mass is 16.2. The average Bonchev–Trinajstić information content (AvgIpc) is 3.45. The lowest BCUT2D eigenvalue weighted by Crippen LogP contribution is -2.49. The Hall–Kier alpha value is -4.92. The van der Waals surface area contributed by atoms with Crippen LogP contribution in [0.3, 0.4) is 0 Å². The van der Waals surface area contributed by atoms with Gasteiger partial charge in [-0.15, -0.1) is 0 Å². The molecule has 1 aliphatic rings. The van der Waals surface area contributed by atoms with Crippen LogP contribution < -0.4 is 15.4 Å². The van der Waals surface area contributed by atoms with Gasteiger partial charge in [-0.25, -0.2) is 0 Å². The second-order valence-corrected chi connectivity index (χ2v) is 9.95. The number of carbonyl (C=O) groups excluding carboxylic acids is 1. The monoisotopic (exact) mass is 533 g/mol. The van der Waals surface area contributed by atoms with E-state index < -0.39 is 0 Å². The van der Waals surface area contributed by atoms with Crippen molar-refractivity contribution in [3.8, 4) is 5.69 Å². The molecule has 0 spiro atoms. The van der Waals surface area contributed by atoms with E-state index in [9.17, 15) is 9.59 Å². The van der Waals surface area contributed by atoms with E-state index in [2.05, 4.69) is 20.0 Å². The van der Waals surface area contributed by atoms with E-state index in [4.69, 9.17) is 0 Å². The van der Waals surface area contributed by atoms with E-state index in [0.29, 0.717) is 56.1 Å². The van der Waals surface area contributed by atoms with Crippen LogP contribution in [0.15, 0.2) is 96.2 Å². The Morgan fingerprint density at radius 2 is 1.70 bits per heavy atom. The number of nitrogens with one attached hydrogen (secondary N) is 1. The number of hydrogen-bond acceptors (Lipinski definition) is 6. The molecule has 1 amide bonds. The Kier molecular flexibility index (Phi) is 7.01. The molecular formula is C31H31N7O2. The van der Waals surface area contributed by atoms with E-state index in [0.717, 1.165) is 22.3 Å². The van der Waals surface area contributed by atoms with Crippen LogP contribution in [0.5, 0.6) is 0 Å². The van der Waals surface area contributed by atoms with E-state index in [1.807, 2.05) is 89.6 Å². The van der Waals surface area contributed by atoms with Crippen LogP contribution in [0.2, 0.25) is 0 Å². The number of nitrogens with zero attached hydrogens (tertiary/aromatic N) is 6. The molecule has 0 atom stereocenters. The summed E-state index contributed by atoms with van der Waals surface area (Å²) in [5.74, 6) is 0.0161. The van der Waals surface area contributed by atoms with E-state index in [-0.39, 0.29) is 11.5 Å². The number of para-hydroxylation sites is 2. The average molecular weight is 534 g/mol. The molecule has 202 valence electrons. The molecule has 6 rings (SSSR count). The third-order valence-electron chi connectivity index (χ3n) is 7.47. The minimum atomic E-state index is -0.176. The smallest absolute Gasteiger partial charge is 0.297 e. The lowest BCUT2D eigenvalue weighted by atomic mass is 10.1. The molecule has 1 saturated heterocycles. The minimum Gasteiger partial charge on any atom is -0.368 e. The summed E-state index contributed by atoms with van der Waals surface area (Å²) in [6.45, 7) is 2.93.